The molecule has 17 nitrogen and oxygen atoms in total. The van der Waals surface area contributed by atoms with Crippen LogP contribution in [0.25, 0.3) is 0 Å². The molecule has 0 bridgehead atoms. The summed E-state index contributed by atoms with van der Waals surface area (Å²) in [7, 11) is 1.54. The molecule has 17 heteroatoms. The maximum atomic E-state index is 13.2. The van der Waals surface area contributed by atoms with Gasteiger partial charge in [0.15, 0.2) is 25.0 Å². The first-order valence-electron chi connectivity index (χ1n) is 19.6. The largest absolute Gasteiger partial charge is 0.445 e. The third-order valence-electron chi connectivity index (χ3n) is 11.7. The molecular formula is C40H53N3O14. The lowest BCUT2D eigenvalue weighted by Gasteiger charge is -2.50. The number of benzene rings is 2. The van der Waals surface area contributed by atoms with Crippen LogP contribution in [0, 0.1) is 11.8 Å². The van der Waals surface area contributed by atoms with E-state index in [-0.39, 0.29) is 37.9 Å². The minimum Gasteiger partial charge on any atom is -0.445 e. The Bertz CT molecular complexity index is 1680. The van der Waals surface area contributed by atoms with E-state index in [0.29, 0.717) is 6.42 Å². The molecule has 3 amide bonds. The van der Waals surface area contributed by atoms with Crippen molar-refractivity contribution in [2.45, 2.75) is 139 Å². The van der Waals surface area contributed by atoms with Crippen LogP contribution in [0.5, 0.6) is 0 Å². The predicted molar refractivity (Wildman–Crippen MR) is 197 cm³/mol. The normalized spacial score (nSPS) is 38.9. The van der Waals surface area contributed by atoms with Gasteiger partial charge in [0.2, 0.25) is 0 Å². The summed E-state index contributed by atoms with van der Waals surface area (Å²) in [5, 5.41) is 38.6. The molecule has 5 N–H and O–H groups in total. The number of fused-ring (bicyclic) bond motifs is 3. The van der Waals surface area contributed by atoms with E-state index < -0.39 is 104 Å². The van der Waals surface area contributed by atoms with Gasteiger partial charge in [-0.2, -0.15) is 0 Å². The monoisotopic (exact) mass is 799 g/mol. The maximum Gasteiger partial charge on any atom is 0.410 e. The number of hydrogen-bond donors (Lipinski definition) is 5. The molecule has 5 fully saturated rings. The van der Waals surface area contributed by atoms with Gasteiger partial charge < -0.3 is 63.8 Å². The Hall–Kier alpha value is -4.07. The summed E-state index contributed by atoms with van der Waals surface area (Å²) in [6.07, 6.45) is -12.0. The number of carbonyl (C=O) groups excluding carboxylic acids is 3. The second-order valence-corrected chi connectivity index (χ2v) is 15.7. The lowest BCUT2D eigenvalue weighted by molar-refractivity contribution is -0.375. The lowest BCUT2D eigenvalue weighted by Crippen LogP contribution is -2.66. The third-order valence-corrected chi connectivity index (χ3v) is 11.7. The van der Waals surface area contributed by atoms with Gasteiger partial charge in [-0.3, -0.25) is 4.90 Å². The molecule has 57 heavy (non-hydrogen) atoms. The van der Waals surface area contributed by atoms with Gasteiger partial charge in [-0.05, 0) is 37.3 Å². The van der Waals surface area contributed by atoms with E-state index >= 15 is 0 Å². The standard InChI is InChI=1S/C40H53N3O14/c1-20-15-28-33(34-29(43(4)40(49)56-34)36(53-28)57-37-31(46)30(45)21(2)22(3)52-37)55-35(20)54-32-26(42-39(48)51-19-24-13-9-6-10-14-24)16-25(17-27(32)44)41-38(47)50-18-23-11-7-5-8-12-23/h5-14,20-22,25-37,44-46H,15-19H2,1-4H3,(H,41,47)(H,42,48)/t20?,21-,22?,25-,26?,27-,28+,29?,30+,31?,32-,33?,34?,35+,36?,37-/m1/s1. The van der Waals surface area contributed by atoms with Gasteiger partial charge in [-0.25, -0.2) is 14.4 Å². The van der Waals surface area contributed by atoms with Crippen molar-refractivity contribution >= 4 is 18.3 Å². The summed E-state index contributed by atoms with van der Waals surface area (Å²) in [6, 6.07) is 16.2. The molecule has 1 aliphatic carbocycles. The van der Waals surface area contributed by atoms with Crippen molar-refractivity contribution in [3.05, 3.63) is 71.8 Å². The number of ether oxygens (including phenoxy) is 8. The summed E-state index contributed by atoms with van der Waals surface area (Å²) in [6.45, 7) is 5.49. The molecule has 2 aromatic rings. The molecule has 0 radical (unpaired) electrons. The Morgan fingerprint density at radius 2 is 1.39 bits per heavy atom. The molecule has 1 saturated carbocycles. The Labute approximate surface area is 330 Å². The molecule has 312 valence electrons. The number of rotatable bonds is 10. The van der Waals surface area contributed by atoms with Crippen molar-refractivity contribution < 1.29 is 67.6 Å². The summed E-state index contributed by atoms with van der Waals surface area (Å²) in [5.41, 5.74) is 1.60. The minimum atomic E-state index is -1.35. The molecule has 16 atom stereocenters. The number of aliphatic hydroxyl groups is 3. The van der Waals surface area contributed by atoms with Gasteiger partial charge in [0.05, 0.1) is 30.5 Å². The topological polar surface area (TPSA) is 213 Å². The van der Waals surface area contributed by atoms with E-state index in [9.17, 15) is 29.7 Å². The highest BCUT2D eigenvalue weighted by molar-refractivity contribution is 5.71. The van der Waals surface area contributed by atoms with Crippen molar-refractivity contribution in [2.24, 2.45) is 11.8 Å². The number of alkyl carbamates (subject to hydrolysis) is 2. The second-order valence-electron chi connectivity index (χ2n) is 15.7. The average molecular weight is 800 g/mol. The molecule has 4 aliphatic heterocycles. The summed E-state index contributed by atoms with van der Waals surface area (Å²) in [5.74, 6) is -0.673. The van der Waals surface area contributed by atoms with Crippen molar-refractivity contribution in [3.63, 3.8) is 0 Å². The Morgan fingerprint density at radius 3 is 2.04 bits per heavy atom. The van der Waals surface area contributed by atoms with Crippen molar-refractivity contribution in [2.75, 3.05) is 7.05 Å². The highest BCUT2D eigenvalue weighted by Gasteiger charge is 2.60. The van der Waals surface area contributed by atoms with Crippen molar-refractivity contribution in [1.29, 1.82) is 0 Å². The van der Waals surface area contributed by atoms with E-state index in [4.69, 9.17) is 37.9 Å². The molecule has 4 heterocycles. The third kappa shape index (κ3) is 9.31. The van der Waals surface area contributed by atoms with E-state index in [2.05, 4.69) is 10.6 Å². The van der Waals surface area contributed by atoms with Crippen LogP contribution in [0.4, 0.5) is 14.4 Å². The SMILES string of the molecule is CC1C[C@@H]2OC(O[C@H]3OC(C)[C@@H](C)[C@H](O)C3O)C3C(OC(=O)N3C)C2O[C@@H]1O[C@@H]1C(NC(=O)OCc2ccccc2)C[C@@H](NC(=O)OCc2ccccc2)C[C@H]1O. The number of nitrogens with one attached hydrogen (secondary N) is 2. The van der Waals surface area contributed by atoms with E-state index in [1.54, 1.807) is 13.8 Å². The van der Waals surface area contributed by atoms with Crippen LogP contribution >= 0.6 is 0 Å². The van der Waals surface area contributed by atoms with E-state index in [1.165, 1.54) is 11.9 Å². The number of aliphatic hydroxyl groups excluding tert-OH is 3. The fraction of sp³-hybridized carbons (Fsp3) is 0.625. The number of amides is 3. The van der Waals surface area contributed by atoms with Gasteiger partial charge in [-0.15, -0.1) is 0 Å². The second kappa shape index (κ2) is 17.8. The molecule has 2 aromatic carbocycles. The highest BCUT2D eigenvalue weighted by atomic mass is 16.8. The molecule has 5 aliphatic rings. The number of hydrogen-bond acceptors (Lipinski definition) is 14. The maximum absolute atomic E-state index is 13.2. The number of likely N-dealkylation sites (N-methyl/N-ethyl adjacent to an activating group) is 1. The summed E-state index contributed by atoms with van der Waals surface area (Å²) in [4.78, 5) is 40.3. The van der Waals surface area contributed by atoms with Gasteiger partial charge in [0.25, 0.3) is 0 Å². The summed E-state index contributed by atoms with van der Waals surface area (Å²) >= 11 is 0. The zero-order valence-corrected chi connectivity index (χ0v) is 32.3. The van der Waals surface area contributed by atoms with Crippen LogP contribution in [0.3, 0.4) is 0 Å². The van der Waals surface area contributed by atoms with Crippen LogP contribution in [-0.2, 0) is 51.1 Å². The molecule has 7 rings (SSSR count). The van der Waals surface area contributed by atoms with Crippen molar-refractivity contribution in [3.8, 4) is 0 Å². The van der Waals surface area contributed by atoms with E-state index in [0.717, 1.165) is 11.1 Å². The van der Waals surface area contributed by atoms with Gasteiger partial charge in [-0.1, -0.05) is 74.5 Å². The Balaban J connectivity index is 1.03. The van der Waals surface area contributed by atoms with Gasteiger partial charge in [0.1, 0.15) is 37.6 Å². The fourth-order valence-electron chi connectivity index (χ4n) is 8.24. The molecule has 0 aromatic heterocycles. The van der Waals surface area contributed by atoms with Gasteiger partial charge >= 0.3 is 18.3 Å². The average Bonchev–Trinajstić information content (AvgIpc) is 3.50. The minimum absolute atomic E-state index is 0.0117. The van der Waals surface area contributed by atoms with Crippen LogP contribution in [-0.4, -0.2) is 131 Å². The molecular weight excluding hydrogens is 746 g/mol. The number of carbonyl (C=O) groups is 3. The zero-order chi connectivity index (χ0) is 40.4. The van der Waals surface area contributed by atoms with Crippen LogP contribution < -0.4 is 10.6 Å². The molecule has 4 saturated heterocycles. The smallest absolute Gasteiger partial charge is 0.410 e. The van der Waals surface area contributed by atoms with Crippen LogP contribution in [0.2, 0.25) is 0 Å². The first-order chi connectivity index (χ1) is 27.4. The Morgan fingerprint density at radius 1 is 0.754 bits per heavy atom. The fourth-order valence-corrected chi connectivity index (χ4v) is 8.24. The van der Waals surface area contributed by atoms with Gasteiger partial charge in [0, 0.05) is 24.9 Å². The lowest BCUT2D eigenvalue weighted by atomic mass is 9.85. The first-order valence-corrected chi connectivity index (χ1v) is 19.6. The Kier molecular flexibility index (Phi) is 12.9. The quantitative estimate of drug-likeness (QED) is 0.219. The van der Waals surface area contributed by atoms with E-state index in [1.807, 2.05) is 67.6 Å². The van der Waals surface area contributed by atoms with Crippen LogP contribution in [0.15, 0.2) is 60.7 Å². The molecule has 8 unspecified atom stereocenters. The number of nitrogens with zero attached hydrogens (tertiary/aromatic N) is 1. The zero-order valence-electron chi connectivity index (χ0n) is 32.3. The van der Waals surface area contributed by atoms with Crippen LogP contribution in [0.1, 0.15) is 51.2 Å². The highest BCUT2D eigenvalue weighted by Crippen LogP contribution is 2.42. The summed E-state index contributed by atoms with van der Waals surface area (Å²) < 4.78 is 48.2. The first kappa shape index (κ1) is 41.1. The van der Waals surface area contributed by atoms with Crippen molar-refractivity contribution in [1.82, 2.24) is 15.5 Å². The molecule has 0 spiro atoms. The predicted octanol–water partition coefficient (Wildman–Crippen LogP) is 2.53.